The molecule has 2 atom stereocenters. The van der Waals surface area contributed by atoms with Crippen LogP contribution in [0.4, 0.5) is 0 Å². The zero-order chi connectivity index (χ0) is 20.2. The van der Waals surface area contributed by atoms with Crippen LogP contribution in [0.15, 0.2) is 43.0 Å². The molecule has 2 heterocycles. The number of fused-ring (bicyclic) bond motifs is 2. The predicted octanol–water partition coefficient (Wildman–Crippen LogP) is 8.30. The monoisotopic (exact) mass is 396 g/mol. The van der Waals surface area contributed by atoms with Crippen LogP contribution in [-0.4, -0.2) is 15.0 Å². The summed E-state index contributed by atoms with van der Waals surface area (Å²) in [6.07, 6.45) is 14.4. The second kappa shape index (κ2) is 9.34. The predicted molar refractivity (Wildman–Crippen MR) is 127 cm³/mol. The number of hydrogen-bond donors (Lipinski definition) is 0. The molecule has 0 saturated carbocycles. The van der Waals surface area contributed by atoms with E-state index < -0.39 is 8.07 Å². The van der Waals surface area contributed by atoms with Crippen LogP contribution in [0.5, 0.6) is 0 Å². The van der Waals surface area contributed by atoms with Crippen molar-refractivity contribution in [1.82, 2.24) is 0 Å². The van der Waals surface area contributed by atoms with Gasteiger partial charge in [-0.25, -0.2) is 0 Å². The van der Waals surface area contributed by atoms with Gasteiger partial charge in [0.2, 0.25) is 0 Å². The van der Waals surface area contributed by atoms with E-state index >= 15 is 0 Å². The molecule has 2 bridgehead atoms. The minimum absolute atomic E-state index is 0.0795. The second-order valence-corrected chi connectivity index (χ2v) is 15.8. The van der Waals surface area contributed by atoms with Crippen LogP contribution in [0.2, 0.25) is 36.3 Å². The molecule has 0 amide bonds. The van der Waals surface area contributed by atoms with Crippen molar-refractivity contribution >= 4 is 15.0 Å². The van der Waals surface area contributed by atoms with Gasteiger partial charge in [0, 0.05) is 5.04 Å². The largest absolute Gasteiger partial charge is 0.428 e. The fraction of sp³-hybridized carbons (Fsp3) is 0.680. The van der Waals surface area contributed by atoms with Gasteiger partial charge in [-0.15, -0.1) is 6.58 Å². The van der Waals surface area contributed by atoms with Crippen molar-refractivity contribution in [2.45, 2.75) is 107 Å². The summed E-state index contributed by atoms with van der Waals surface area (Å²) in [4.78, 5) is 0. The summed E-state index contributed by atoms with van der Waals surface area (Å²) in [6, 6.07) is 11.1. The third kappa shape index (κ3) is 4.36. The van der Waals surface area contributed by atoms with E-state index in [9.17, 15) is 0 Å². The highest BCUT2D eigenvalue weighted by molar-refractivity contribution is 6.80. The quantitative estimate of drug-likeness (QED) is 0.301. The van der Waals surface area contributed by atoms with Gasteiger partial charge in [-0.3, -0.25) is 0 Å². The molecule has 2 aliphatic heterocycles. The molecule has 0 radical (unpaired) electrons. The fourth-order valence-electron chi connectivity index (χ4n) is 6.00. The number of hydrogen-bond acceptors (Lipinski definition) is 1. The Labute approximate surface area is 175 Å². The van der Waals surface area contributed by atoms with Gasteiger partial charge < -0.3 is 4.65 Å². The summed E-state index contributed by atoms with van der Waals surface area (Å²) in [5.41, 5.74) is 1.37. The van der Waals surface area contributed by atoms with Crippen LogP contribution in [0.1, 0.15) is 76.4 Å². The van der Waals surface area contributed by atoms with Crippen molar-refractivity contribution < 1.29 is 4.65 Å². The third-order valence-corrected chi connectivity index (χ3v) is 11.3. The molecule has 0 N–H and O–H groups in total. The molecule has 2 fully saturated rings. The maximum atomic E-state index is 7.29. The molecule has 1 aromatic rings. The van der Waals surface area contributed by atoms with E-state index in [1.807, 2.05) is 0 Å². The average molecular weight is 397 g/mol. The highest BCUT2D eigenvalue weighted by Gasteiger charge is 2.51. The Kier molecular flexibility index (Phi) is 7.31. The van der Waals surface area contributed by atoms with E-state index in [4.69, 9.17) is 4.65 Å². The lowest BCUT2D eigenvalue weighted by molar-refractivity contribution is 0.136. The van der Waals surface area contributed by atoms with Crippen LogP contribution < -0.4 is 0 Å². The van der Waals surface area contributed by atoms with E-state index in [1.165, 1.54) is 63.4 Å². The summed E-state index contributed by atoms with van der Waals surface area (Å²) >= 11 is 0. The molecule has 2 saturated heterocycles. The molecule has 0 aliphatic carbocycles. The first-order valence-corrected chi connectivity index (χ1v) is 15.3. The van der Waals surface area contributed by atoms with Crippen molar-refractivity contribution in [1.29, 1.82) is 0 Å². The molecule has 2 aliphatic rings. The minimum atomic E-state index is -1.58. The summed E-state index contributed by atoms with van der Waals surface area (Å²) in [6.45, 7) is 14.7. The lowest BCUT2D eigenvalue weighted by Gasteiger charge is -2.51. The second-order valence-electron chi connectivity index (χ2n) is 10.4. The average Bonchev–Trinajstić information content (AvgIpc) is 2.67. The molecular weight excluding hydrogens is 355 g/mol. The van der Waals surface area contributed by atoms with E-state index in [0.29, 0.717) is 6.92 Å². The molecule has 0 unspecified atom stereocenters. The van der Waals surface area contributed by atoms with E-state index in [1.54, 1.807) is 0 Å². The number of unbranched alkanes of at least 4 members (excludes halogenated alkanes) is 1. The van der Waals surface area contributed by atoms with Crippen molar-refractivity contribution in [3.8, 4) is 0 Å². The van der Waals surface area contributed by atoms with Gasteiger partial charge in [0.1, 0.15) is 0 Å². The third-order valence-electron chi connectivity index (χ3n) is 7.80. The van der Waals surface area contributed by atoms with Gasteiger partial charge in [0.05, 0.1) is 14.2 Å². The van der Waals surface area contributed by atoms with Gasteiger partial charge in [0.25, 0.3) is 6.92 Å². The highest BCUT2D eigenvalue weighted by atomic mass is 28.3. The van der Waals surface area contributed by atoms with E-state index in [0.717, 1.165) is 11.6 Å². The smallest absolute Gasteiger partial charge is 0.300 e. The van der Waals surface area contributed by atoms with Crippen molar-refractivity contribution in [2.24, 2.45) is 0 Å². The number of benzene rings is 1. The first-order chi connectivity index (χ1) is 13.4. The summed E-state index contributed by atoms with van der Waals surface area (Å²) in [7, 11) is -1.58. The summed E-state index contributed by atoms with van der Waals surface area (Å²) in [5, 5.41) is 0.0795. The van der Waals surface area contributed by atoms with Crippen LogP contribution >= 0.6 is 0 Å². The Balaban J connectivity index is 2.01. The summed E-state index contributed by atoms with van der Waals surface area (Å²) < 4.78 is 7.29. The lowest BCUT2D eigenvalue weighted by atomic mass is 9.37. The Morgan fingerprint density at radius 1 is 1.11 bits per heavy atom. The Morgan fingerprint density at radius 2 is 1.68 bits per heavy atom. The van der Waals surface area contributed by atoms with E-state index in [-0.39, 0.29) is 11.1 Å². The Hall–Kier alpha value is -0.798. The van der Waals surface area contributed by atoms with Crippen molar-refractivity contribution in [3.05, 3.63) is 48.6 Å². The van der Waals surface area contributed by atoms with Crippen LogP contribution in [0.3, 0.4) is 0 Å². The maximum Gasteiger partial charge on any atom is 0.300 e. The molecule has 0 spiro atoms. The Morgan fingerprint density at radius 3 is 2.14 bits per heavy atom. The Bertz CT molecular complexity index is 603. The van der Waals surface area contributed by atoms with Crippen LogP contribution in [-0.2, 0) is 4.65 Å². The minimum Gasteiger partial charge on any atom is -0.428 e. The fourth-order valence-corrected chi connectivity index (χ4v) is 8.56. The van der Waals surface area contributed by atoms with Crippen LogP contribution in [0.25, 0.3) is 0 Å². The van der Waals surface area contributed by atoms with Crippen molar-refractivity contribution in [3.63, 3.8) is 0 Å². The first kappa shape index (κ1) is 21.9. The van der Waals surface area contributed by atoms with Gasteiger partial charge in [0.15, 0.2) is 0 Å². The number of rotatable bonds is 9. The molecule has 1 aromatic carbocycles. The molecule has 3 rings (SSSR count). The maximum absolute atomic E-state index is 7.29. The molecule has 28 heavy (non-hydrogen) atoms. The standard InChI is InChI=1S/C25H41BOSi/c1-6-8-20-25(7-2,28(3,4)5)24(21-14-10-9-11-15-21)27-26-22-16-12-17-23(26)19-13-18-22/h7,9-11,14-15,22-24H,2,6,8,12-13,16-20H2,1,3-5H3/t22?,23?,24-,25-/m0/s1. The topological polar surface area (TPSA) is 9.23 Å². The molecule has 0 aromatic heterocycles. The normalized spacial score (nSPS) is 25.8. The molecule has 154 valence electrons. The lowest BCUT2D eigenvalue weighted by Crippen LogP contribution is -2.47. The molecule has 3 heteroatoms. The van der Waals surface area contributed by atoms with Gasteiger partial charge >= 0.3 is 0 Å². The summed E-state index contributed by atoms with van der Waals surface area (Å²) in [5.74, 6) is 1.54. The van der Waals surface area contributed by atoms with E-state index in [2.05, 4.69) is 69.6 Å². The van der Waals surface area contributed by atoms with Gasteiger partial charge in [-0.1, -0.05) is 114 Å². The SMILES string of the molecule is C=C[C@](CCCC)([C@@H](OB1C2CCCC1CCC2)c1ccccc1)[Si](C)(C)C. The highest BCUT2D eigenvalue weighted by Crippen LogP contribution is 2.58. The zero-order valence-corrected chi connectivity index (χ0v) is 19.8. The van der Waals surface area contributed by atoms with Crippen molar-refractivity contribution in [2.75, 3.05) is 0 Å². The van der Waals surface area contributed by atoms with Gasteiger partial charge in [-0.05, 0) is 23.6 Å². The van der Waals surface area contributed by atoms with Crippen LogP contribution in [0, 0.1) is 0 Å². The zero-order valence-electron chi connectivity index (χ0n) is 18.8. The van der Waals surface area contributed by atoms with Gasteiger partial charge in [-0.2, -0.15) is 0 Å². The molecular formula is C25H41BOSi. The first-order valence-electron chi connectivity index (χ1n) is 11.8. The molecule has 1 nitrogen and oxygen atoms in total.